The van der Waals surface area contributed by atoms with Gasteiger partial charge in [0.05, 0.1) is 16.6 Å². The molecular formula is C20H17ClN2O3. The van der Waals surface area contributed by atoms with Gasteiger partial charge in [0.1, 0.15) is 18.5 Å². The fourth-order valence-electron chi connectivity index (χ4n) is 2.98. The number of carbonyl (C=O) groups is 2. The molecule has 0 bridgehead atoms. The number of hydrogen-bond acceptors (Lipinski definition) is 4. The number of nitrogens with zero attached hydrogens (tertiary/aromatic N) is 2. The summed E-state index contributed by atoms with van der Waals surface area (Å²) in [5, 5.41) is 9.31. The third-order valence-corrected chi connectivity index (χ3v) is 4.68. The number of carbonyl (C=O) groups excluding carboxylic acids is 2. The SMILES string of the molecule is N#Cc1ccc(C2CC(=O)CCN2C(=O)OCc2ccccc2)cc1Cl. The number of halogens is 1. The zero-order valence-electron chi connectivity index (χ0n) is 14.0. The average Bonchev–Trinajstić information content (AvgIpc) is 2.66. The topological polar surface area (TPSA) is 70.4 Å². The molecule has 1 fully saturated rings. The lowest BCUT2D eigenvalue weighted by Crippen LogP contribution is -2.41. The number of ether oxygens (including phenoxy) is 1. The van der Waals surface area contributed by atoms with E-state index in [-0.39, 0.29) is 18.8 Å². The molecule has 1 unspecified atom stereocenters. The largest absolute Gasteiger partial charge is 0.445 e. The van der Waals surface area contributed by atoms with Crippen molar-refractivity contribution >= 4 is 23.5 Å². The van der Waals surface area contributed by atoms with E-state index in [2.05, 4.69) is 0 Å². The summed E-state index contributed by atoms with van der Waals surface area (Å²) in [6.07, 6.45) is 0.0516. The van der Waals surface area contributed by atoms with Crippen molar-refractivity contribution in [3.8, 4) is 6.07 Å². The zero-order chi connectivity index (χ0) is 18.5. The summed E-state index contributed by atoms with van der Waals surface area (Å²) in [6, 6.07) is 15.9. The first-order valence-electron chi connectivity index (χ1n) is 8.27. The van der Waals surface area contributed by atoms with Crippen LogP contribution < -0.4 is 0 Å². The van der Waals surface area contributed by atoms with Crippen molar-refractivity contribution in [2.45, 2.75) is 25.5 Å². The van der Waals surface area contributed by atoms with Gasteiger partial charge in [0.2, 0.25) is 0 Å². The summed E-state index contributed by atoms with van der Waals surface area (Å²) < 4.78 is 5.42. The van der Waals surface area contributed by atoms with Crippen LogP contribution in [0.25, 0.3) is 0 Å². The molecule has 1 amide bonds. The van der Waals surface area contributed by atoms with E-state index in [1.165, 1.54) is 0 Å². The molecule has 6 heteroatoms. The van der Waals surface area contributed by atoms with Gasteiger partial charge in [0.25, 0.3) is 0 Å². The van der Waals surface area contributed by atoms with Crippen LogP contribution in [0.3, 0.4) is 0 Å². The molecule has 0 aromatic heterocycles. The van der Waals surface area contributed by atoms with Crippen molar-refractivity contribution < 1.29 is 14.3 Å². The molecule has 5 nitrogen and oxygen atoms in total. The molecule has 1 atom stereocenters. The van der Waals surface area contributed by atoms with Gasteiger partial charge < -0.3 is 9.64 Å². The minimum atomic E-state index is -0.466. The van der Waals surface area contributed by atoms with Crippen molar-refractivity contribution in [3.63, 3.8) is 0 Å². The minimum Gasteiger partial charge on any atom is -0.445 e. The Bertz CT molecular complexity index is 861. The number of hydrogen-bond donors (Lipinski definition) is 0. The van der Waals surface area contributed by atoms with Crippen LogP contribution in [0.4, 0.5) is 4.79 Å². The zero-order valence-corrected chi connectivity index (χ0v) is 14.8. The Morgan fingerprint density at radius 1 is 1.27 bits per heavy atom. The molecule has 0 spiro atoms. The molecule has 1 heterocycles. The van der Waals surface area contributed by atoms with E-state index in [1.807, 2.05) is 36.4 Å². The van der Waals surface area contributed by atoms with Crippen molar-refractivity contribution in [1.82, 2.24) is 4.90 Å². The monoisotopic (exact) mass is 368 g/mol. The number of ketones is 1. The maximum Gasteiger partial charge on any atom is 0.410 e. The quantitative estimate of drug-likeness (QED) is 0.811. The highest BCUT2D eigenvalue weighted by Crippen LogP contribution is 2.32. The lowest BCUT2D eigenvalue weighted by molar-refractivity contribution is -0.122. The van der Waals surface area contributed by atoms with Crippen LogP contribution in [-0.2, 0) is 16.1 Å². The van der Waals surface area contributed by atoms with Crippen LogP contribution in [0.2, 0.25) is 5.02 Å². The second-order valence-electron chi connectivity index (χ2n) is 6.09. The van der Waals surface area contributed by atoms with Crippen molar-refractivity contribution in [2.75, 3.05) is 6.54 Å². The Balaban J connectivity index is 1.77. The number of piperidine rings is 1. The summed E-state index contributed by atoms with van der Waals surface area (Å²) in [5.74, 6) is 0.0857. The summed E-state index contributed by atoms with van der Waals surface area (Å²) in [7, 11) is 0. The smallest absolute Gasteiger partial charge is 0.410 e. The van der Waals surface area contributed by atoms with E-state index in [0.717, 1.165) is 11.1 Å². The van der Waals surface area contributed by atoms with Gasteiger partial charge in [-0.15, -0.1) is 0 Å². The minimum absolute atomic E-state index is 0.0857. The highest BCUT2D eigenvalue weighted by molar-refractivity contribution is 6.31. The summed E-state index contributed by atoms with van der Waals surface area (Å²) in [6.45, 7) is 0.472. The van der Waals surface area contributed by atoms with Gasteiger partial charge in [-0.25, -0.2) is 4.79 Å². The molecule has 0 N–H and O–H groups in total. The standard InChI is InChI=1S/C20H17ClN2O3/c21-18-10-15(6-7-16(18)12-22)19-11-17(24)8-9-23(19)20(25)26-13-14-4-2-1-3-5-14/h1-7,10,19H,8-9,11,13H2. The number of benzene rings is 2. The van der Waals surface area contributed by atoms with Gasteiger partial charge >= 0.3 is 6.09 Å². The molecule has 1 aliphatic heterocycles. The van der Waals surface area contributed by atoms with Crippen LogP contribution in [0.1, 0.15) is 35.6 Å². The molecule has 1 aliphatic rings. The molecule has 132 valence electrons. The molecule has 0 radical (unpaired) electrons. The van der Waals surface area contributed by atoms with E-state index in [9.17, 15) is 9.59 Å². The van der Waals surface area contributed by atoms with Crippen molar-refractivity contribution in [2.24, 2.45) is 0 Å². The maximum absolute atomic E-state index is 12.6. The third kappa shape index (κ3) is 4.04. The molecular weight excluding hydrogens is 352 g/mol. The van der Waals surface area contributed by atoms with Crippen molar-refractivity contribution in [3.05, 3.63) is 70.2 Å². The molecule has 2 aromatic rings. The molecule has 3 rings (SSSR count). The third-order valence-electron chi connectivity index (χ3n) is 4.37. The average molecular weight is 369 g/mol. The van der Waals surface area contributed by atoms with E-state index >= 15 is 0 Å². The van der Waals surface area contributed by atoms with Gasteiger partial charge in [0, 0.05) is 19.4 Å². The van der Waals surface area contributed by atoms with Gasteiger partial charge in [-0.2, -0.15) is 5.26 Å². The molecule has 0 saturated carbocycles. The van der Waals surface area contributed by atoms with E-state index in [0.29, 0.717) is 23.6 Å². The second kappa shape index (κ2) is 8.03. The molecule has 0 aliphatic carbocycles. The predicted molar refractivity (Wildman–Crippen MR) is 96.5 cm³/mol. The molecule has 1 saturated heterocycles. The lowest BCUT2D eigenvalue weighted by Gasteiger charge is -2.34. The Labute approximate surface area is 156 Å². The molecule has 26 heavy (non-hydrogen) atoms. The number of rotatable bonds is 3. The first kappa shape index (κ1) is 18.0. The fraction of sp³-hybridized carbons (Fsp3) is 0.250. The summed E-state index contributed by atoms with van der Waals surface area (Å²) >= 11 is 6.11. The van der Waals surface area contributed by atoms with Crippen LogP contribution >= 0.6 is 11.6 Å². The van der Waals surface area contributed by atoms with E-state index < -0.39 is 12.1 Å². The number of amides is 1. The summed E-state index contributed by atoms with van der Waals surface area (Å²) in [5.41, 5.74) is 1.97. The van der Waals surface area contributed by atoms with Gasteiger partial charge in [-0.05, 0) is 23.3 Å². The number of likely N-dealkylation sites (tertiary alicyclic amines) is 1. The van der Waals surface area contributed by atoms with Crippen LogP contribution in [0.5, 0.6) is 0 Å². The van der Waals surface area contributed by atoms with Crippen LogP contribution in [0.15, 0.2) is 48.5 Å². The molecule has 2 aromatic carbocycles. The van der Waals surface area contributed by atoms with Gasteiger partial charge in [-0.1, -0.05) is 48.0 Å². The summed E-state index contributed by atoms with van der Waals surface area (Å²) in [4.78, 5) is 26.1. The Kier molecular flexibility index (Phi) is 5.55. The second-order valence-corrected chi connectivity index (χ2v) is 6.50. The van der Waals surface area contributed by atoms with Crippen LogP contribution in [0, 0.1) is 11.3 Å². The highest BCUT2D eigenvalue weighted by Gasteiger charge is 2.33. The first-order chi connectivity index (χ1) is 12.6. The highest BCUT2D eigenvalue weighted by atomic mass is 35.5. The Morgan fingerprint density at radius 3 is 2.73 bits per heavy atom. The Hall–Kier alpha value is -2.84. The first-order valence-corrected chi connectivity index (χ1v) is 8.65. The Morgan fingerprint density at radius 2 is 2.04 bits per heavy atom. The normalized spacial score (nSPS) is 16.8. The maximum atomic E-state index is 12.6. The van der Waals surface area contributed by atoms with Gasteiger partial charge in [0.15, 0.2) is 0 Å². The van der Waals surface area contributed by atoms with E-state index in [4.69, 9.17) is 21.6 Å². The van der Waals surface area contributed by atoms with Gasteiger partial charge in [-0.3, -0.25) is 4.79 Å². The van der Waals surface area contributed by atoms with E-state index in [1.54, 1.807) is 23.1 Å². The fourth-order valence-corrected chi connectivity index (χ4v) is 3.21. The van der Waals surface area contributed by atoms with Crippen LogP contribution in [-0.4, -0.2) is 23.3 Å². The predicted octanol–water partition coefficient (Wildman–Crippen LogP) is 4.25. The lowest BCUT2D eigenvalue weighted by atomic mass is 9.94. The number of nitriles is 1. The van der Waals surface area contributed by atoms with Crippen molar-refractivity contribution in [1.29, 1.82) is 5.26 Å². The number of Topliss-reactive ketones (excluding diaryl/α,β-unsaturated/α-hetero) is 1.